The summed E-state index contributed by atoms with van der Waals surface area (Å²) in [6.07, 6.45) is 0. The van der Waals surface area contributed by atoms with Gasteiger partial charge in [0.15, 0.2) is 0 Å². The van der Waals surface area contributed by atoms with Crippen LogP contribution in [0.3, 0.4) is 0 Å². The molecule has 7 heteroatoms. The van der Waals surface area contributed by atoms with Gasteiger partial charge in [-0.05, 0) is 32.9 Å². The molecule has 0 atom stereocenters. The van der Waals surface area contributed by atoms with Crippen LogP contribution >= 0.6 is 0 Å². The Bertz CT molecular complexity index is 868. The Morgan fingerprint density at radius 3 is 1.96 bits per heavy atom. The highest BCUT2D eigenvalue weighted by Gasteiger charge is 2.15. The molecule has 2 N–H and O–H groups in total. The highest BCUT2D eigenvalue weighted by atomic mass is 32.2. The molecule has 0 unspecified atom stereocenters. The summed E-state index contributed by atoms with van der Waals surface area (Å²) in [5.41, 5.74) is 3.10. The molecule has 126 valence electrons. The van der Waals surface area contributed by atoms with Crippen LogP contribution in [0.2, 0.25) is 0 Å². The van der Waals surface area contributed by atoms with Crippen molar-refractivity contribution in [2.75, 3.05) is 0 Å². The maximum atomic E-state index is 12.3. The van der Waals surface area contributed by atoms with Gasteiger partial charge in [0.1, 0.15) is 11.4 Å². The third-order valence-corrected chi connectivity index (χ3v) is 4.65. The van der Waals surface area contributed by atoms with E-state index < -0.39 is 10.0 Å². The number of sulfonamides is 1. The third-order valence-electron chi connectivity index (χ3n) is 3.43. The molecule has 24 heavy (non-hydrogen) atoms. The lowest BCUT2D eigenvalue weighted by atomic mass is 10.1. The smallest absolute Gasteiger partial charge is 0.276 e. The van der Waals surface area contributed by atoms with Gasteiger partial charge in [-0.3, -0.25) is 0 Å². The molecule has 0 heterocycles. The van der Waals surface area contributed by atoms with E-state index in [0.717, 1.165) is 11.1 Å². The van der Waals surface area contributed by atoms with Gasteiger partial charge in [-0.2, -0.15) is 18.4 Å². The van der Waals surface area contributed by atoms with E-state index >= 15 is 0 Å². The predicted molar refractivity (Wildman–Crippen MR) is 94.1 cm³/mol. The first-order chi connectivity index (χ1) is 11.3. The standard InChI is InChI=1S/C17H19N3O3S/c1-12-4-8-15(9-5-12)17(14(3)19-21)18-20-24(22,23)16-10-6-13(2)7-11-16/h4-11,20-21H,1-3H3. The molecule has 0 aliphatic carbocycles. The van der Waals surface area contributed by atoms with Crippen LogP contribution in [-0.4, -0.2) is 25.0 Å². The minimum atomic E-state index is -3.80. The van der Waals surface area contributed by atoms with E-state index in [1.54, 1.807) is 31.2 Å². The van der Waals surface area contributed by atoms with Crippen LogP contribution in [0, 0.1) is 13.8 Å². The summed E-state index contributed by atoms with van der Waals surface area (Å²) >= 11 is 0. The molecule has 0 aliphatic heterocycles. The van der Waals surface area contributed by atoms with E-state index in [-0.39, 0.29) is 16.3 Å². The molecule has 0 bridgehead atoms. The Balaban J connectivity index is 2.37. The van der Waals surface area contributed by atoms with Gasteiger partial charge in [-0.1, -0.05) is 52.7 Å². The molecule has 0 amide bonds. The Kier molecular flexibility index (Phi) is 5.35. The number of hydrogen-bond donors (Lipinski definition) is 2. The first-order valence-corrected chi connectivity index (χ1v) is 8.74. The van der Waals surface area contributed by atoms with Gasteiger partial charge in [0.2, 0.25) is 0 Å². The fourth-order valence-electron chi connectivity index (χ4n) is 1.99. The van der Waals surface area contributed by atoms with E-state index in [0.29, 0.717) is 5.56 Å². The average Bonchev–Trinajstić information content (AvgIpc) is 2.56. The molecule has 2 aromatic carbocycles. The quantitative estimate of drug-likeness (QED) is 0.496. The molecule has 0 radical (unpaired) electrons. The van der Waals surface area contributed by atoms with Crippen LogP contribution in [0.5, 0.6) is 0 Å². The van der Waals surface area contributed by atoms with E-state index in [1.807, 2.05) is 26.0 Å². The summed E-state index contributed by atoms with van der Waals surface area (Å²) in [6, 6.07) is 13.7. The summed E-state index contributed by atoms with van der Waals surface area (Å²) in [5, 5.41) is 16.1. The summed E-state index contributed by atoms with van der Waals surface area (Å²) < 4.78 is 24.6. The molecule has 0 aromatic heterocycles. The van der Waals surface area contributed by atoms with Gasteiger partial charge in [0.25, 0.3) is 10.0 Å². The van der Waals surface area contributed by atoms with E-state index in [1.165, 1.54) is 12.1 Å². The summed E-state index contributed by atoms with van der Waals surface area (Å²) in [7, 11) is -3.80. The summed E-state index contributed by atoms with van der Waals surface area (Å²) in [4.78, 5) is 2.30. The molecule has 6 nitrogen and oxygen atoms in total. The van der Waals surface area contributed by atoms with Crippen molar-refractivity contribution in [2.24, 2.45) is 10.3 Å². The Morgan fingerprint density at radius 2 is 1.46 bits per heavy atom. The minimum absolute atomic E-state index is 0.110. The van der Waals surface area contributed by atoms with Gasteiger partial charge in [-0.15, -0.1) is 0 Å². The number of rotatable bonds is 5. The number of hydrazone groups is 1. The molecule has 0 fully saturated rings. The van der Waals surface area contributed by atoms with Crippen LogP contribution < -0.4 is 4.83 Å². The van der Waals surface area contributed by atoms with Gasteiger partial charge in [0, 0.05) is 5.56 Å². The van der Waals surface area contributed by atoms with Gasteiger partial charge in [-0.25, -0.2) is 0 Å². The second-order valence-corrected chi connectivity index (χ2v) is 7.08. The van der Waals surface area contributed by atoms with Crippen molar-refractivity contribution in [2.45, 2.75) is 25.7 Å². The lowest BCUT2D eigenvalue weighted by molar-refractivity contribution is 0.320. The van der Waals surface area contributed by atoms with Crippen molar-refractivity contribution in [1.82, 2.24) is 4.83 Å². The highest BCUT2D eigenvalue weighted by Crippen LogP contribution is 2.11. The lowest BCUT2D eigenvalue weighted by Gasteiger charge is -2.08. The zero-order valence-electron chi connectivity index (χ0n) is 13.7. The topological polar surface area (TPSA) is 91.1 Å². The fraction of sp³-hybridized carbons (Fsp3) is 0.176. The number of hydrogen-bond acceptors (Lipinski definition) is 5. The van der Waals surface area contributed by atoms with Crippen molar-refractivity contribution < 1.29 is 13.6 Å². The predicted octanol–water partition coefficient (Wildman–Crippen LogP) is 2.84. The van der Waals surface area contributed by atoms with Crippen LogP contribution in [0.4, 0.5) is 0 Å². The number of nitrogens with one attached hydrogen (secondary N) is 1. The number of oxime groups is 1. The van der Waals surface area contributed by atoms with Crippen LogP contribution in [-0.2, 0) is 10.0 Å². The van der Waals surface area contributed by atoms with Crippen LogP contribution in [0.25, 0.3) is 0 Å². The molecular weight excluding hydrogens is 326 g/mol. The minimum Gasteiger partial charge on any atom is -0.411 e. The molecule has 2 aromatic rings. The monoisotopic (exact) mass is 345 g/mol. The largest absolute Gasteiger partial charge is 0.411 e. The first-order valence-electron chi connectivity index (χ1n) is 7.26. The second-order valence-electron chi connectivity index (χ2n) is 5.42. The summed E-state index contributed by atoms with van der Waals surface area (Å²) in [5.74, 6) is 0. The normalized spacial score (nSPS) is 13.0. The molecular formula is C17H19N3O3S. The van der Waals surface area contributed by atoms with E-state index in [9.17, 15) is 8.42 Å². The van der Waals surface area contributed by atoms with E-state index in [2.05, 4.69) is 15.1 Å². The molecule has 2 rings (SSSR count). The van der Waals surface area contributed by atoms with Crippen molar-refractivity contribution in [3.8, 4) is 0 Å². The molecule has 0 aliphatic rings. The summed E-state index contributed by atoms with van der Waals surface area (Å²) in [6.45, 7) is 5.35. The first kappa shape index (κ1) is 17.7. The van der Waals surface area contributed by atoms with Gasteiger partial charge in [0.05, 0.1) is 4.90 Å². The van der Waals surface area contributed by atoms with Crippen molar-refractivity contribution in [1.29, 1.82) is 0 Å². The zero-order chi connectivity index (χ0) is 17.7. The molecule has 0 saturated carbocycles. The van der Waals surface area contributed by atoms with Crippen molar-refractivity contribution in [3.05, 3.63) is 65.2 Å². The zero-order valence-corrected chi connectivity index (χ0v) is 14.5. The SMILES string of the molecule is CC(=NO)C(=NNS(=O)(=O)c1ccc(C)cc1)c1ccc(C)cc1. The number of aryl methyl sites for hydroxylation is 2. The Morgan fingerprint density at radius 1 is 0.958 bits per heavy atom. The average molecular weight is 345 g/mol. The molecule has 0 saturated heterocycles. The van der Waals surface area contributed by atoms with Gasteiger partial charge >= 0.3 is 0 Å². The second kappa shape index (κ2) is 7.27. The maximum absolute atomic E-state index is 12.3. The lowest BCUT2D eigenvalue weighted by Crippen LogP contribution is -2.23. The highest BCUT2D eigenvalue weighted by molar-refractivity contribution is 7.89. The van der Waals surface area contributed by atoms with Crippen molar-refractivity contribution in [3.63, 3.8) is 0 Å². The fourth-order valence-corrected chi connectivity index (χ4v) is 2.80. The number of benzene rings is 2. The molecule has 0 spiro atoms. The van der Waals surface area contributed by atoms with Crippen LogP contribution in [0.1, 0.15) is 23.6 Å². The van der Waals surface area contributed by atoms with Gasteiger partial charge < -0.3 is 5.21 Å². The third kappa shape index (κ3) is 4.20. The Hall–Kier alpha value is -2.67. The maximum Gasteiger partial charge on any atom is 0.276 e. The Labute approximate surface area is 141 Å². The van der Waals surface area contributed by atoms with E-state index in [4.69, 9.17) is 5.21 Å². The van der Waals surface area contributed by atoms with Crippen molar-refractivity contribution >= 4 is 21.4 Å². The number of nitrogens with zero attached hydrogens (tertiary/aromatic N) is 2. The van der Waals surface area contributed by atoms with Crippen LogP contribution in [0.15, 0.2) is 63.7 Å².